The summed E-state index contributed by atoms with van der Waals surface area (Å²) in [6.45, 7) is 6.05. The first-order valence-electron chi connectivity index (χ1n) is 11.9. The average Bonchev–Trinajstić information content (AvgIpc) is 2.91. The molecule has 5 rings (SSSR count). The molecule has 0 amide bonds. The smallest absolute Gasteiger partial charge is 0.312 e. The van der Waals surface area contributed by atoms with Crippen molar-refractivity contribution in [3.8, 4) is 39.9 Å². The molecule has 0 saturated heterocycles. The molecule has 4 aromatic rings. The number of carbonyl (C=O) groups is 1. The van der Waals surface area contributed by atoms with Gasteiger partial charge in [-0.1, -0.05) is 30.8 Å². The molecular formula is C30H26O8. The topological polar surface area (TPSA) is 104 Å². The molecule has 194 valence electrons. The summed E-state index contributed by atoms with van der Waals surface area (Å²) in [7, 11) is 3.02. The van der Waals surface area contributed by atoms with Gasteiger partial charge in [-0.2, -0.15) is 0 Å². The van der Waals surface area contributed by atoms with Crippen molar-refractivity contribution < 1.29 is 33.3 Å². The molecule has 1 aliphatic heterocycles. The molecule has 0 bridgehead atoms. The molecule has 1 atom stereocenters. The van der Waals surface area contributed by atoms with Crippen LogP contribution < -0.4 is 24.4 Å². The second kappa shape index (κ2) is 9.97. The number of hydrogen-bond acceptors (Lipinski definition) is 8. The highest BCUT2D eigenvalue weighted by molar-refractivity contribution is 5.94. The van der Waals surface area contributed by atoms with Crippen molar-refractivity contribution in [2.45, 2.75) is 19.3 Å². The van der Waals surface area contributed by atoms with E-state index in [2.05, 4.69) is 6.58 Å². The molecule has 38 heavy (non-hydrogen) atoms. The van der Waals surface area contributed by atoms with Gasteiger partial charge in [-0.3, -0.25) is 9.59 Å². The zero-order valence-corrected chi connectivity index (χ0v) is 21.2. The predicted octanol–water partition coefficient (Wildman–Crippen LogP) is 5.58. The zero-order valence-electron chi connectivity index (χ0n) is 21.2. The Morgan fingerprint density at radius 3 is 2.55 bits per heavy atom. The minimum absolute atomic E-state index is 0.00145. The van der Waals surface area contributed by atoms with E-state index in [-0.39, 0.29) is 34.5 Å². The molecule has 0 saturated carbocycles. The van der Waals surface area contributed by atoms with Gasteiger partial charge in [0, 0.05) is 23.1 Å². The molecule has 0 aliphatic carbocycles. The number of phenolic OH excluding ortho intramolecular Hbond substituents is 1. The fraction of sp³-hybridized carbons (Fsp3) is 0.200. The lowest BCUT2D eigenvalue weighted by molar-refractivity contribution is -0.135. The Labute approximate surface area is 218 Å². The third-order valence-corrected chi connectivity index (χ3v) is 6.43. The number of carbonyl (C=O) groups excluding carboxylic acids is 1. The maximum absolute atomic E-state index is 13.7. The highest BCUT2D eigenvalue weighted by Gasteiger charge is 2.35. The minimum atomic E-state index is -0.536. The van der Waals surface area contributed by atoms with Crippen LogP contribution in [0, 0.1) is 0 Å². The Balaban J connectivity index is 1.71. The third kappa shape index (κ3) is 4.34. The number of hydrogen-bond donors (Lipinski definition) is 1. The lowest BCUT2D eigenvalue weighted by Gasteiger charge is -2.27. The summed E-state index contributed by atoms with van der Waals surface area (Å²) < 4.78 is 28.1. The van der Waals surface area contributed by atoms with E-state index in [0.29, 0.717) is 35.0 Å². The van der Waals surface area contributed by atoms with Crippen molar-refractivity contribution in [2.24, 2.45) is 0 Å². The van der Waals surface area contributed by atoms with Crippen molar-refractivity contribution >= 4 is 16.9 Å². The van der Waals surface area contributed by atoms with Crippen LogP contribution in [0.5, 0.6) is 28.7 Å². The number of para-hydroxylation sites is 1. The lowest BCUT2D eigenvalue weighted by atomic mass is 9.84. The third-order valence-electron chi connectivity index (χ3n) is 6.43. The van der Waals surface area contributed by atoms with Crippen molar-refractivity contribution in [1.29, 1.82) is 0 Å². The number of aromatic hydroxyl groups is 1. The summed E-state index contributed by atoms with van der Waals surface area (Å²) >= 11 is 0. The molecule has 0 unspecified atom stereocenters. The van der Waals surface area contributed by atoms with Crippen LogP contribution in [-0.4, -0.2) is 31.9 Å². The van der Waals surface area contributed by atoms with Gasteiger partial charge in [-0.15, -0.1) is 0 Å². The van der Waals surface area contributed by atoms with E-state index in [9.17, 15) is 14.7 Å². The van der Waals surface area contributed by atoms with Gasteiger partial charge in [0.1, 0.15) is 41.1 Å². The number of ether oxygens (including phenoxy) is 4. The summed E-state index contributed by atoms with van der Waals surface area (Å²) in [5.74, 6) is 0.300. The molecule has 3 aromatic carbocycles. The van der Waals surface area contributed by atoms with E-state index < -0.39 is 17.3 Å². The molecule has 8 nitrogen and oxygen atoms in total. The molecule has 8 heteroatoms. The highest BCUT2D eigenvalue weighted by atomic mass is 16.5. The summed E-state index contributed by atoms with van der Waals surface area (Å²) in [5, 5.41) is 10.9. The van der Waals surface area contributed by atoms with Crippen LogP contribution in [0.25, 0.3) is 22.1 Å². The Morgan fingerprint density at radius 1 is 1.05 bits per heavy atom. The SMILES string of the molecule is C=C(C)COc1ccccc1[C@@H]1CC(=O)Oc2cc(O)c3c(=O)c(-c4ccc(OC)c(OC)c4)coc3c21. The minimum Gasteiger partial charge on any atom is -0.507 e. The van der Waals surface area contributed by atoms with Crippen molar-refractivity contribution in [3.05, 3.63) is 88.3 Å². The quantitative estimate of drug-likeness (QED) is 0.194. The molecule has 1 aromatic heterocycles. The van der Waals surface area contributed by atoms with Crippen molar-refractivity contribution in [2.75, 3.05) is 20.8 Å². The van der Waals surface area contributed by atoms with Gasteiger partial charge in [0.05, 0.1) is 26.2 Å². The number of methoxy groups -OCH3 is 2. The molecule has 1 N–H and O–H groups in total. The van der Waals surface area contributed by atoms with Gasteiger partial charge in [-0.05, 0) is 36.3 Å². The van der Waals surface area contributed by atoms with E-state index in [0.717, 1.165) is 11.1 Å². The second-order valence-electron chi connectivity index (χ2n) is 9.07. The van der Waals surface area contributed by atoms with Crippen molar-refractivity contribution in [3.63, 3.8) is 0 Å². The normalized spacial score (nSPS) is 14.5. The Morgan fingerprint density at radius 2 is 1.82 bits per heavy atom. The van der Waals surface area contributed by atoms with E-state index in [1.54, 1.807) is 18.2 Å². The van der Waals surface area contributed by atoms with E-state index in [4.69, 9.17) is 23.4 Å². The molecular weight excluding hydrogens is 488 g/mol. The van der Waals surface area contributed by atoms with Gasteiger partial charge in [-0.25, -0.2) is 0 Å². The molecule has 0 fully saturated rings. The molecule has 2 heterocycles. The summed E-state index contributed by atoms with van der Waals surface area (Å²) in [6, 6.07) is 13.7. The zero-order chi connectivity index (χ0) is 27.0. The first kappa shape index (κ1) is 25.0. The van der Waals surface area contributed by atoms with Crippen LogP contribution in [0.15, 0.2) is 76.2 Å². The number of benzene rings is 3. The maximum atomic E-state index is 13.7. The maximum Gasteiger partial charge on any atom is 0.312 e. The van der Waals surface area contributed by atoms with Crippen LogP contribution in [0.3, 0.4) is 0 Å². The summed E-state index contributed by atoms with van der Waals surface area (Å²) in [4.78, 5) is 26.3. The van der Waals surface area contributed by atoms with Gasteiger partial charge >= 0.3 is 5.97 Å². The Hall–Kier alpha value is -4.72. The van der Waals surface area contributed by atoms with E-state index >= 15 is 0 Å². The first-order chi connectivity index (χ1) is 18.3. The monoisotopic (exact) mass is 514 g/mol. The van der Waals surface area contributed by atoms with Crippen LogP contribution in [0.1, 0.15) is 30.4 Å². The summed E-state index contributed by atoms with van der Waals surface area (Å²) in [5.41, 5.74) is 2.50. The molecule has 1 aliphatic rings. The van der Waals surface area contributed by atoms with Crippen LogP contribution >= 0.6 is 0 Å². The predicted molar refractivity (Wildman–Crippen MR) is 142 cm³/mol. The number of fused-ring (bicyclic) bond motifs is 3. The average molecular weight is 515 g/mol. The van der Waals surface area contributed by atoms with Gasteiger partial charge < -0.3 is 28.5 Å². The summed E-state index contributed by atoms with van der Waals surface area (Å²) in [6.07, 6.45) is 1.34. The number of esters is 1. The standard InChI is InChI=1S/C30H26O8/c1-16(2)14-36-22-8-6-5-7-18(22)19-12-26(32)38-25-13-21(31)28-29(33)20(15-37-30(28)27(19)25)17-9-10-23(34-3)24(11-17)35-4/h5-11,13,15,19,31H,1,12,14H2,2-4H3/t19-/m0/s1. The van der Waals surface area contributed by atoms with Crippen LogP contribution in [0.4, 0.5) is 0 Å². The highest BCUT2D eigenvalue weighted by Crippen LogP contribution is 2.47. The van der Waals surface area contributed by atoms with Gasteiger partial charge in [0.2, 0.25) is 5.43 Å². The lowest BCUT2D eigenvalue weighted by Crippen LogP contribution is -2.22. The second-order valence-corrected chi connectivity index (χ2v) is 9.07. The van der Waals surface area contributed by atoms with Crippen LogP contribution in [0.2, 0.25) is 0 Å². The molecule has 0 radical (unpaired) electrons. The largest absolute Gasteiger partial charge is 0.507 e. The number of rotatable bonds is 7. The van der Waals surface area contributed by atoms with E-state index in [1.165, 1.54) is 26.5 Å². The van der Waals surface area contributed by atoms with E-state index in [1.807, 2.05) is 31.2 Å². The van der Waals surface area contributed by atoms with Crippen molar-refractivity contribution in [1.82, 2.24) is 0 Å². The Kier molecular flexibility index (Phi) is 6.55. The Bertz CT molecular complexity index is 1630. The van der Waals surface area contributed by atoms with Gasteiger partial charge in [0.15, 0.2) is 11.5 Å². The number of phenols is 1. The fourth-order valence-electron chi connectivity index (χ4n) is 4.70. The fourth-order valence-corrected chi connectivity index (χ4v) is 4.70. The van der Waals surface area contributed by atoms with Gasteiger partial charge in [0.25, 0.3) is 0 Å². The van der Waals surface area contributed by atoms with Crippen LogP contribution in [-0.2, 0) is 4.79 Å². The first-order valence-corrected chi connectivity index (χ1v) is 11.9. The molecule has 0 spiro atoms.